The third-order valence-electron chi connectivity index (χ3n) is 6.89. The molecule has 0 bridgehead atoms. The van der Waals surface area contributed by atoms with E-state index in [2.05, 4.69) is 20.1 Å². The summed E-state index contributed by atoms with van der Waals surface area (Å²) >= 11 is 0. The van der Waals surface area contributed by atoms with Gasteiger partial charge in [-0.15, -0.1) is 18.3 Å². The number of aromatic nitrogens is 4. The Balaban J connectivity index is 1.92. The molecule has 0 aliphatic carbocycles. The number of ether oxygens (including phenoxy) is 1. The lowest BCUT2D eigenvalue weighted by Crippen LogP contribution is -2.48. The van der Waals surface area contributed by atoms with E-state index >= 15 is 0 Å². The van der Waals surface area contributed by atoms with E-state index in [1.165, 1.54) is 7.05 Å². The first-order valence-corrected chi connectivity index (χ1v) is 13.0. The minimum atomic E-state index is -5.16. The van der Waals surface area contributed by atoms with Gasteiger partial charge in [0, 0.05) is 23.8 Å². The molecule has 1 aliphatic heterocycles. The predicted molar refractivity (Wildman–Crippen MR) is 136 cm³/mol. The molecule has 45 heavy (non-hydrogen) atoms. The van der Waals surface area contributed by atoms with Gasteiger partial charge in [-0.1, -0.05) is 12.0 Å². The number of carbonyl (C=O) groups excluding carboxylic acids is 1. The number of aliphatic carboxylic acids is 1. The van der Waals surface area contributed by atoms with Gasteiger partial charge in [-0.05, 0) is 60.0 Å². The van der Waals surface area contributed by atoms with Crippen LogP contribution in [0.3, 0.4) is 0 Å². The minimum absolute atomic E-state index is 0.0483. The van der Waals surface area contributed by atoms with Gasteiger partial charge in [0.25, 0.3) is 5.95 Å². The van der Waals surface area contributed by atoms with Crippen LogP contribution in [0.4, 0.5) is 51.1 Å². The van der Waals surface area contributed by atoms with Gasteiger partial charge < -0.3 is 19.6 Å². The lowest BCUT2D eigenvalue weighted by Gasteiger charge is -2.44. The number of nitrogens with zero attached hydrogens (tertiary/aromatic N) is 6. The van der Waals surface area contributed by atoms with Crippen molar-refractivity contribution in [3.63, 3.8) is 0 Å². The summed E-state index contributed by atoms with van der Waals surface area (Å²) in [5.41, 5.74) is -3.82. The van der Waals surface area contributed by atoms with E-state index in [-0.39, 0.29) is 36.1 Å². The second-order valence-electron chi connectivity index (χ2n) is 10.0. The number of rotatable bonds is 8. The maximum atomic E-state index is 13.6. The number of tetrazole rings is 1. The summed E-state index contributed by atoms with van der Waals surface area (Å²) in [6.07, 6.45) is -16.4. The molecule has 1 N–H and O–H groups in total. The van der Waals surface area contributed by atoms with Gasteiger partial charge in [0.1, 0.15) is 12.2 Å². The second kappa shape index (κ2) is 12.1. The van der Waals surface area contributed by atoms with Crippen molar-refractivity contribution in [2.24, 2.45) is 7.05 Å². The normalized spacial score (nSPS) is 17.2. The molecule has 0 spiro atoms. The van der Waals surface area contributed by atoms with E-state index in [1.54, 1.807) is 6.92 Å². The van der Waals surface area contributed by atoms with E-state index in [4.69, 9.17) is 0 Å². The monoisotopic (exact) mass is 654 g/mol. The number of carbonyl (C=O) groups is 2. The molecule has 0 fully saturated rings. The maximum absolute atomic E-state index is 13.6. The Labute approximate surface area is 248 Å². The Morgan fingerprint density at radius 3 is 2.11 bits per heavy atom. The first kappa shape index (κ1) is 33.3. The highest BCUT2D eigenvalue weighted by atomic mass is 19.4. The van der Waals surface area contributed by atoms with Crippen molar-refractivity contribution in [2.45, 2.75) is 63.5 Å². The Bertz CT molecular complexity index is 1540. The van der Waals surface area contributed by atoms with Crippen molar-refractivity contribution in [2.75, 3.05) is 9.80 Å². The van der Waals surface area contributed by atoms with Crippen LogP contribution >= 0.6 is 0 Å². The molecule has 0 saturated carbocycles. The Morgan fingerprint density at radius 2 is 1.62 bits per heavy atom. The molecule has 2 aromatic carbocycles. The zero-order chi connectivity index (χ0) is 33.5. The molecule has 1 amide bonds. The van der Waals surface area contributed by atoms with Gasteiger partial charge in [-0.3, -0.25) is 9.59 Å². The van der Waals surface area contributed by atoms with Crippen LogP contribution in [0.25, 0.3) is 0 Å². The van der Waals surface area contributed by atoms with Crippen molar-refractivity contribution in [1.82, 2.24) is 20.2 Å². The van der Waals surface area contributed by atoms with Crippen molar-refractivity contribution < 1.29 is 58.9 Å². The molecule has 0 radical (unpaired) electrons. The molecule has 244 valence electrons. The van der Waals surface area contributed by atoms with Gasteiger partial charge in [0.05, 0.1) is 24.2 Å². The number of amides is 1. The zero-order valence-electron chi connectivity index (χ0n) is 23.2. The number of alkyl halides is 9. The maximum Gasteiger partial charge on any atom is 0.573 e. The molecule has 10 nitrogen and oxygen atoms in total. The molecular formula is C26H23F9N6O4. The number of aryl methyl sites for hydroxylation is 1. The number of anilines is 2. The first-order valence-electron chi connectivity index (χ1n) is 13.0. The molecule has 2 heterocycles. The second-order valence-corrected chi connectivity index (χ2v) is 10.0. The number of halogens is 9. The number of hydrogen-bond acceptors (Lipinski definition) is 7. The fourth-order valence-corrected chi connectivity index (χ4v) is 5.12. The Kier molecular flexibility index (Phi) is 8.94. The fraction of sp³-hybridized carbons (Fsp3) is 0.423. The number of hydrogen-bond donors (Lipinski definition) is 1. The van der Waals surface area contributed by atoms with Gasteiger partial charge in [-0.2, -0.15) is 31.1 Å². The highest BCUT2D eigenvalue weighted by Gasteiger charge is 2.42. The number of carboxylic acid groups (broad SMARTS) is 1. The highest BCUT2D eigenvalue weighted by Crippen LogP contribution is 2.46. The van der Waals surface area contributed by atoms with Crippen LogP contribution in [0, 0.1) is 0 Å². The zero-order valence-corrected chi connectivity index (χ0v) is 23.2. The van der Waals surface area contributed by atoms with Crippen LogP contribution in [0.2, 0.25) is 0 Å². The van der Waals surface area contributed by atoms with E-state index in [9.17, 15) is 54.2 Å². The molecule has 19 heteroatoms. The smallest absolute Gasteiger partial charge is 0.481 e. The quantitative estimate of drug-likeness (QED) is 0.237. The summed E-state index contributed by atoms with van der Waals surface area (Å²) in [7, 11) is 1.33. The summed E-state index contributed by atoms with van der Waals surface area (Å²) in [5, 5.41) is 20.8. The number of benzene rings is 2. The summed E-state index contributed by atoms with van der Waals surface area (Å²) in [6.45, 7) is 0.912. The van der Waals surface area contributed by atoms with Crippen molar-refractivity contribution in [3.05, 3.63) is 58.7 Å². The summed E-state index contributed by atoms with van der Waals surface area (Å²) in [4.78, 5) is 27.6. The van der Waals surface area contributed by atoms with E-state index in [0.29, 0.717) is 12.1 Å². The summed E-state index contributed by atoms with van der Waals surface area (Å²) in [5.74, 6) is -3.44. The Morgan fingerprint density at radius 1 is 1.00 bits per heavy atom. The Hall–Kier alpha value is -4.58. The van der Waals surface area contributed by atoms with Gasteiger partial charge in [-0.25, -0.2) is 0 Å². The molecule has 3 aromatic rings. The molecular weight excluding hydrogens is 631 g/mol. The third-order valence-corrected chi connectivity index (χ3v) is 6.89. The molecule has 1 aliphatic rings. The van der Waals surface area contributed by atoms with Gasteiger partial charge in [0.2, 0.25) is 5.91 Å². The van der Waals surface area contributed by atoms with Crippen molar-refractivity contribution in [1.29, 1.82) is 0 Å². The molecule has 2 atom stereocenters. The van der Waals surface area contributed by atoms with Crippen LogP contribution in [0.5, 0.6) is 5.75 Å². The SMILES string of the molecule is CC[C@@H]1C[C@H](N(Cc2cc(C(F)(F)F)cc(C(F)(F)F)c2)c2nnn(C)n2)c2cc(OC(F)(F)F)ccc2N1C(=O)CC(=O)O. The number of fused-ring (bicyclic) bond motifs is 1. The highest BCUT2D eigenvalue weighted by molar-refractivity contribution is 6.04. The molecule has 4 rings (SSSR count). The van der Waals surface area contributed by atoms with Gasteiger partial charge in [0.15, 0.2) is 0 Å². The summed E-state index contributed by atoms with van der Waals surface area (Å²) < 4.78 is 125. The lowest BCUT2D eigenvalue weighted by atomic mass is 9.87. The standard InChI is InChI=1S/C26H23F9N6O4/c1-3-16-9-20(18-10-17(45-26(33,34)35)4-5-19(18)41(16)21(42)11-22(43)44)40(23-36-38-39(2)37-23)12-13-6-14(24(27,28)29)8-15(7-13)25(30,31)32/h4-8,10,16,20H,3,9,11-12H2,1-2H3,(H,43,44)/t16-,20+/m1/s1. The lowest BCUT2D eigenvalue weighted by molar-refractivity contribution is -0.274. The van der Waals surface area contributed by atoms with Crippen molar-refractivity contribution >= 4 is 23.5 Å². The third kappa shape index (κ3) is 7.75. The molecule has 0 unspecified atom stereocenters. The van der Waals surface area contributed by atoms with E-state index in [0.717, 1.165) is 32.8 Å². The fourth-order valence-electron chi connectivity index (χ4n) is 5.12. The van der Waals surface area contributed by atoms with E-state index in [1.807, 2.05) is 0 Å². The van der Waals surface area contributed by atoms with Gasteiger partial charge >= 0.3 is 24.7 Å². The van der Waals surface area contributed by atoms with Crippen LogP contribution < -0.4 is 14.5 Å². The number of carboxylic acids is 1. The van der Waals surface area contributed by atoms with Crippen molar-refractivity contribution in [3.8, 4) is 5.75 Å². The molecule has 1 aromatic heterocycles. The topological polar surface area (TPSA) is 114 Å². The van der Waals surface area contributed by atoms with Crippen LogP contribution in [-0.4, -0.2) is 49.6 Å². The minimum Gasteiger partial charge on any atom is -0.481 e. The van der Waals surface area contributed by atoms with Crippen LogP contribution in [0.1, 0.15) is 54.5 Å². The average molecular weight is 654 g/mol. The van der Waals surface area contributed by atoms with E-state index < -0.39 is 78.1 Å². The van der Waals surface area contributed by atoms with Crippen LogP contribution in [-0.2, 0) is 35.5 Å². The molecule has 0 saturated heterocycles. The largest absolute Gasteiger partial charge is 0.573 e. The average Bonchev–Trinajstić information content (AvgIpc) is 3.34. The van der Waals surface area contributed by atoms with Crippen LogP contribution in [0.15, 0.2) is 36.4 Å². The predicted octanol–water partition coefficient (Wildman–Crippen LogP) is 5.88. The summed E-state index contributed by atoms with van der Waals surface area (Å²) in [6, 6.07) is 1.81. The first-order chi connectivity index (χ1) is 20.8.